The van der Waals surface area contributed by atoms with Crippen LogP contribution in [0.15, 0.2) is 47.4 Å². The number of amides is 1. The molecule has 3 N–H and O–H groups in total. The molecule has 17 heteroatoms. The van der Waals surface area contributed by atoms with Crippen LogP contribution in [0.2, 0.25) is 0 Å². The van der Waals surface area contributed by atoms with E-state index in [1.54, 1.807) is 0 Å². The van der Waals surface area contributed by atoms with Crippen molar-refractivity contribution < 1.29 is 64.0 Å². The summed E-state index contributed by atoms with van der Waals surface area (Å²) >= 11 is 0. The third kappa shape index (κ3) is 6.83. The molecule has 2 unspecified atom stereocenters. The number of carbonyl (C=O) groups is 2. The molecule has 3 rings (SSSR count). The smallest absolute Gasteiger partial charge is 0.427 e. The number of carbonyl (C=O) groups excluding carboxylic acids is 1. The average Bonchev–Trinajstić information content (AvgIpc) is 2.86. The lowest BCUT2D eigenvalue weighted by Gasteiger charge is -2.38. The molecule has 0 bridgehead atoms. The first-order chi connectivity index (χ1) is 19.1. The van der Waals surface area contributed by atoms with Crippen molar-refractivity contribution in [3.63, 3.8) is 0 Å². The first-order valence-electron chi connectivity index (χ1n) is 12.0. The molecule has 1 aliphatic heterocycles. The van der Waals surface area contributed by atoms with Gasteiger partial charge in [-0.1, -0.05) is 6.07 Å². The Hall–Kier alpha value is -3.73. The van der Waals surface area contributed by atoms with Crippen LogP contribution in [-0.4, -0.2) is 61.7 Å². The molecule has 2 aromatic rings. The van der Waals surface area contributed by atoms with Crippen LogP contribution in [0, 0.1) is 5.41 Å². The standard InChI is InChI=1S/C25H26F6N2O8S/c1-22(2,25(29,30)31)41-21(37)32-15-7-8-19-18(10-15)33(12-16(40-19)11-23(3,13-34)20(35)36)42(38,39)17-6-4-5-14(9-17)24(26,27)28/h4-10,16,34H,11-13H2,1-3H3,(H,32,37)(H,35,36). The molecule has 10 nitrogen and oxygen atoms in total. The predicted molar refractivity (Wildman–Crippen MR) is 135 cm³/mol. The first-order valence-corrected chi connectivity index (χ1v) is 13.5. The molecule has 2 atom stereocenters. The molecule has 2 aromatic carbocycles. The summed E-state index contributed by atoms with van der Waals surface area (Å²) < 4.78 is 118. The summed E-state index contributed by atoms with van der Waals surface area (Å²) in [6, 6.07) is 6.07. The Morgan fingerprint density at radius 1 is 1.07 bits per heavy atom. The van der Waals surface area contributed by atoms with E-state index in [1.165, 1.54) is 6.92 Å². The van der Waals surface area contributed by atoms with Crippen molar-refractivity contribution in [1.82, 2.24) is 0 Å². The fraction of sp³-hybridized carbons (Fsp3) is 0.440. The second kappa shape index (κ2) is 11.2. The second-order valence-electron chi connectivity index (χ2n) is 10.2. The van der Waals surface area contributed by atoms with Gasteiger partial charge in [-0.25, -0.2) is 13.2 Å². The highest BCUT2D eigenvalue weighted by Crippen LogP contribution is 2.42. The highest BCUT2D eigenvalue weighted by atomic mass is 32.2. The van der Waals surface area contributed by atoms with Crippen LogP contribution in [-0.2, 0) is 25.7 Å². The van der Waals surface area contributed by atoms with Crippen molar-refractivity contribution in [1.29, 1.82) is 0 Å². The van der Waals surface area contributed by atoms with E-state index >= 15 is 0 Å². The van der Waals surface area contributed by atoms with Crippen LogP contribution in [0.3, 0.4) is 0 Å². The normalized spacial score (nSPS) is 17.5. The maximum absolute atomic E-state index is 13.7. The molecule has 42 heavy (non-hydrogen) atoms. The Kier molecular flexibility index (Phi) is 8.71. The average molecular weight is 629 g/mol. The molecule has 0 aliphatic carbocycles. The van der Waals surface area contributed by atoms with Gasteiger partial charge in [-0.05, 0) is 57.2 Å². The van der Waals surface area contributed by atoms with E-state index in [-0.39, 0.29) is 17.1 Å². The maximum Gasteiger partial charge on any atom is 0.427 e. The van der Waals surface area contributed by atoms with Gasteiger partial charge in [-0.2, -0.15) is 26.3 Å². The lowest BCUT2D eigenvalue weighted by molar-refractivity contribution is -0.242. The van der Waals surface area contributed by atoms with Crippen LogP contribution in [0.1, 0.15) is 32.8 Å². The number of benzene rings is 2. The van der Waals surface area contributed by atoms with Crippen LogP contribution < -0.4 is 14.4 Å². The van der Waals surface area contributed by atoms with E-state index in [9.17, 15) is 54.6 Å². The number of aliphatic hydroxyl groups excluding tert-OH is 1. The third-order valence-corrected chi connectivity index (χ3v) is 8.24. The topological polar surface area (TPSA) is 142 Å². The van der Waals surface area contributed by atoms with Gasteiger partial charge in [0.1, 0.15) is 11.9 Å². The molecule has 1 amide bonds. The van der Waals surface area contributed by atoms with Crippen LogP contribution in [0.4, 0.5) is 42.5 Å². The number of sulfonamides is 1. The minimum Gasteiger partial charge on any atom is -0.486 e. The number of rotatable bonds is 8. The van der Waals surface area contributed by atoms with Crippen LogP contribution in [0.5, 0.6) is 5.75 Å². The van der Waals surface area contributed by atoms with Crippen molar-refractivity contribution in [2.75, 3.05) is 22.8 Å². The minimum absolute atomic E-state index is 0.206. The van der Waals surface area contributed by atoms with E-state index in [4.69, 9.17) is 4.74 Å². The number of nitrogens with one attached hydrogen (secondary N) is 1. The lowest BCUT2D eigenvalue weighted by Crippen LogP contribution is -2.47. The van der Waals surface area contributed by atoms with E-state index in [0.29, 0.717) is 30.3 Å². The number of anilines is 2. The summed E-state index contributed by atoms with van der Waals surface area (Å²) in [5, 5.41) is 21.2. The molecule has 0 fully saturated rings. The Morgan fingerprint density at radius 2 is 1.71 bits per heavy atom. The van der Waals surface area contributed by atoms with Crippen molar-refractivity contribution in [2.24, 2.45) is 5.41 Å². The summed E-state index contributed by atoms with van der Waals surface area (Å²) in [6.45, 7) is 0.904. The van der Waals surface area contributed by atoms with Crippen molar-refractivity contribution >= 4 is 33.5 Å². The number of nitrogens with zero attached hydrogens (tertiary/aromatic N) is 1. The number of carboxylic acid groups (broad SMARTS) is 1. The van der Waals surface area contributed by atoms with Crippen molar-refractivity contribution in [3.8, 4) is 5.75 Å². The quantitative estimate of drug-likeness (QED) is 0.346. The zero-order chi connectivity index (χ0) is 31.9. The van der Waals surface area contributed by atoms with E-state index in [0.717, 1.165) is 30.3 Å². The molecule has 1 aliphatic rings. The van der Waals surface area contributed by atoms with Gasteiger partial charge in [0.25, 0.3) is 10.0 Å². The summed E-state index contributed by atoms with van der Waals surface area (Å²) in [5.41, 5.74) is -6.52. The molecule has 1 heterocycles. The van der Waals surface area contributed by atoms with Crippen LogP contribution in [0.25, 0.3) is 0 Å². The fourth-order valence-corrected chi connectivity index (χ4v) is 5.38. The van der Waals surface area contributed by atoms with Gasteiger partial charge in [0, 0.05) is 12.1 Å². The number of aliphatic carboxylic acids is 1. The Balaban J connectivity index is 2.06. The van der Waals surface area contributed by atoms with Gasteiger partial charge >= 0.3 is 24.4 Å². The van der Waals surface area contributed by atoms with Gasteiger partial charge in [-0.3, -0.25) is 14.4 Å². The SMILES string of the molecule is CC(CO)(CC1CN(S(=O)(=O)c2cccc(C(F)(F)F)c2)c2cc(NC(=O)OC(C)(C)C(F)(F)F)ccc2O1)C(=O)O. The highest BCUT2D eigenvalue weighted by molar-refractivity contribution is 7.92. The number of aliphatic hydroxyl groups is 1. The van der Waals surface area contributed by atoms with Crippen molar-refractivity contribution in [3.05, 3.63) is 48.0 Å². The van der Waals surface area contributed by atoms with Gasteiger partial charge in [0.15, 0.2) is 0 Å². The molecular weight excluding hydrogens is 602 g/mol. The Morgan fingerprint density at radius 3 is 2.26 bits per heavy atom. The number of fused-ring (bicyclic) bond motifs is 1. The number of hydrogen-bond acceptors (Lipinski definition) is 7. The fourth-order valence-electron chi connectivity index (χ4n) is 3.84. The van der Waals surface area contributed by atoms with Crippen LogP contribution >= 0.6 is 0 Å². The zero-order valence-corrected chi connectivity index (χ0v) is 23.0. The van der Waals surface area contributed by atoms with Gasteiger partial charge in [0.2, 0.25) is 5.60 Å². The molecule has 0 spiro atoms. The van der Waals surface area contributed by atoms with Gasteiger partial charge in [0.05, 0.1) is 34.7 Å². The van der Waals surface area contributed by atoms with Gasteiger partial charge in [-0.15, -0.1) is 0 Å². The summed E-state index contributed by atoms with van der Waals surface area (Å²) in [7, 11) is -4.82. The number of hydrogen-bond donors (Lipinski definition) is 3. The molecule has 0 aromatic heterocycles. The number of carboxylic acids is 1. The third-order valence-electron chi connectivity index (χ3n) is 6.46. The second-order valence-corrected chi connectivity index (χ2v) is 12.1. The largest absolute Gasteiger partial charge is 0.486 e. The Bertz CT molecular complexity index is 1460. The summed E-state index contributed by atoms with van der Waals surface area (Å²) in [5.74, 6) is -1.63. The maximum atomic E-state index is 13.7. The Labute approximate surface area is 235 Å². The van der Waals surface area contributed by atoms with Gasteiger partial charge < -0.3 is 19.7 Å². The zero-order valence-electron chi connectivity index (χ0n) is 22.2. The molecule has 0 saturated carbocycles. The highest BCUT2D eigenvalue weighted by Gasteiger charge is 2.51. The van der Waals surface area contributed by atoms with E-state index < -0.39 is 81.6 Å². The first kappa shape index (κ1) is 32.8. The van der Waals surface area contributed by atoms with E-state index in [1.807, 2.05) is 5.32 Å². The predicted octanol–water partition coefficient (Wildman–Crippen LogP) is 5.02. The van der Waals surface area contributed by atoms with E-state index in [2.05, 4.69) is 4.74 Å². The lowest BCUT2D eigenvalue weighted by atomic mass is 9.85. The molecular formula is C25H26F6N2O8S. The summed E-state index contributed by atoms with van der Waals surface area (Å²) in [4.78, 5) is 23.2. The number of ether oxygens (including phenoxy) is 2. The minimum atomic E-state index is -4.92. The summed E-state index contributed by atoms with van der Waals surface area (Å²) in [6.07, 6.45) is -13.0. The molecule has 0 saturated heterocycles. The monoisotopic (exact) mass is 628 g/mol. The molecule has 0 radical (unpaired) electrons. The van der Waals surface area contributed by atoms with Crippen molar-refractivity contribution in [2.45, 2.75) is 56.1 Å². The number of alkyl halides is 6. The number of halogens is 6. The molecule has 232 valence electrons.